The minimum absolute atomic E-state index is 0.00728. The van der Waals surface area contributed by atoms with Gasteiger partial charge < -0.3 is 9.47 Å². The van der Waals surface area contributed by atoms with Crippen LogP contribution in [0.2, 0.25) is 0 Å². The van der Waals surface area contributed by atoms with Crippen molar-refractivity contribution in [1.29, 1.82) is 0 Å². The summed E-state index contributed by atoms with van der Waals surface area (Å²) in [5.41, 5.74) is -6.78. The van der Waals surface area contributed by atoms with Gasteiger partial charge in [-0.1, -0.05) is 13.8 Å². The Balaban J connectivity index is 2.23. The van der Waals surface area contributed by atoms with Crippen LogP contribution in [0, 0.1) is 5.92 Å². The standard InChI is InChI=1S/C14H19F3N2O5S/c1-4-23-12(20)13(11(24-13)5-9(2)3)6-10-7-19(8-18-10)25(21,22)14(15,16)17/h7-9,11H,4-6H2,1-3H3/t11-,13-/m1/s1. The molecule has 25 heavy (non-hydrogen) atoms. The first-order valence-corrected chi connectivity index (χ1v) is 9.07. The molecule has 0 aromatic carbocycles. The van der Waals surface area contributed by atoms with Gasteiger partial charge in [-0.05, 0) is 19.3 Å². The summed E-state index contributed by atoms with van der Waals surface area (Å²) in [6, 6.07) is 0. The Hall–Kier alpha value is -1.62. The topological polar surface area (TPSA) is 90.8 Å². The number of esters is 1. The third-order valence-electron chi connectivity index (χ3n) is 3.75. The lowest BCUT2D eigenvalue weighted by Gasteiger charge is -2.11. The highest BCUT2D eigenvalue weighted by Gasteiger charge is 2.63. The number of imidazole rings is 1. The van der Waals surface area contributed by atoms with Gasteiger partial charge in [0, 0.05) is 12.6 Å². The van der Waals surface area contributed by atoms with Crippen LogP contribution in [0.3, 0.4) is 0 Å². The van der Waals surface area contributed by atoms with Crippen molar-refractivity contribution < 1.29 is 35.9 Å². The molecule has 0 saturated carbocycles. The van der Waals surface area contributed by atoms with E-state index in [0.717, 1.165) is 6.20 Å². The molecule has 0 spiro atoms. The second-order valence-electron chi connectivity index (χ2n) is 6.17. The molecule has 11 heteroatoms. The van der Waals surface area contributed by atoms with Crippen LogP contribution in [0.15, 0.2) is 12.5 Å². The molecule has 2 rings (SSSR count). The molecule has 1 saturated heterocycles. The molecular formula is C14H19F3N2O5S. The predicted molar refractivity (Wildman–Crippen MR) is 80.0 cm³/mol. The Morgan fingerprint density at radius 1 is 1.48 bits per heavy atom. The Labute approximate surface area is 143 Å². The fourth-order valence-corrected chi connectivity index (χ4v) is 3.17. The number of alkyl halides is 3. The number of rotatable bonds is 7. The molecule has 1 aliphatic rings. The Morgan fingerprint density at radius 2 is 2.12 bits per heavy atom. The maximum atomic E-state index is 12.6. The van der Waals surface area contributed by atoms with Gasteiger partial charge >= 0.3 is 21.5 Å². The van der Waals surface area contributed by atoms with E-state index in [4.69, 9.17) is 9.47 Å². The monoisotopic (exact) mass is 384 g/mol. The van der Waals surface area contributed by atoms with Crippen molar-refractivity contribution in [2.24, 2.45) is 5.92 Å². The Kier molecular flexibility index (Phi) is 5.20. The summed E-state index contributed by atoms with van der Waals surface area (Å²) in [4.78, 5) is 15.9. The van der Waals surface area contributed by atoms with E-state index in [1.165, 1.54) is 0 Å². The number of hydrogen-bond donors (Lipinski definition) is 0. The van der Waals surface area contributed by atoms with E-state index in [1.54, 1.807) is 6.92 Å². The SMILES string of the molecule is CCOC(=O)[C@]1(Cc2cn(S(=O)(=O)C(F)(F)F)cn2)O[C@@H]1CC(C)C. The van der Waals surface area contributed by atoms with Crippen LogP contribution in [-0.4, -0.2) is 47.2 Å². The number of aromatic nitrogens is 2. The highest BCUT2D eigenvalue weighted by atomic mass is 32.2. The minimum Gasteiger partial charge on any atom is -0.464 e. The lowest BCUT2D eigenvalue weighted by Crippen LogP contribution is -2.33. The fraction of sp³-hybridized carbons (Fsp3) is 0.714. The van der Waals surface area contributed by atoms with Gasteiger partial charge in [-0.25, -0.2) is 13.8 Å². The summed E-state index contributed by atoms with van der Waals surface area (Å²) in [6.45, 7) is 5.61. The molecular weight excluding hydrogens is 365 g/mol. The average molecular weight is 384 g/mol. The number of halogens is 3. The molecule has 142 valence electrons. The Morgan fingerprint density at radius 3 is 2.64 bits per heavy atom. The number of carbonyl (C=O) groups excluding carboxylic acids is 1. The molecule has 0 bridgehead atoms. The number of hydrogen-bond acceptors (Lipinski definition) is 6. The number of carbonyl (C=O) groups is 1. The van der Waals surface area contributed by atoms with Gasteiger partial charge in [0.1, 0.15) is 6.33 Å². The predicted octanol–water partition coefficient (Wildman–Crippen LogP) is 1.87. The third-order valence-corrected chi connectivity index (χ3v) is 5.09. The van der Waals surface area contributed by atoms with Crippen molar-refractivity contribution in [2.45, 2.75) is 50.8 Å². The number of nitrogens with zero attached hydrogens (tertiary/aromatic N) is 2. The molecule has 2 heterocycles. The first-order chi connectivity index (χ1) is 11.4. The maximum Gasteiger partial charge on any atom is 0.517 e. The third kappa shape index (κ3) is 3.81. The molecule has 0 radical (unpaired) electrons. The van der Waals surface area contributed by atoms with E-state index in [9.17, 15) is 26.4 Å². The summed E-state index contributed by atoms with van der Waals surface area (Å²) in [7, 11) is -5.56. The van der Waals surface area contributed by atoms with Crippen LogP contribution in [0.5, 0.6) is 0 Å². The van der Waals surface area contributed by atoms with Crippen molar-refractivity contribution in [1.82, 2.24) is 8.96 Å². The van der Waals surface area contributed by atoms with E-state index < -0.39 is 33.2 Å². The quantitative estimate of drug-likeness (QED) is 0.527. The minimum atomic E-state index is -5.56. The summed E-state index contributed by atoms with van der Waals surface area (Å²) < 4.78 is 70.9. The number of epoxide rings is 1. The summed E-state index contributed by atoms with van der Waals surface area (Å²) in [5.74, 6) is -0.404. The highest BCUT2D eigenvalue weighted by Crippen LogP contribution is 2.44. The van der Waals surface area contributed by atoms with Crippen molar-refractivity contribution in [3.8, 4) is 0 Å². The lowest BCUT2D eigenvalue weighted by atomic mass is 9.94. The molecule has 0 aliphatic carbocycles. The molecule has 1 aliphatic heterocycles. The normalized spacial score (nSPS) is 23.7. The zero-order chi connectivity index (χ0) is 19.0. The van der Waals surface area contributed by atoms with Crippen LogP contribution in [0.1, 0.15) is 32.9 Å². The van der Waals surface area contributed by atoms with Crippen molar-refractivity contribution >= 4 is 16.0 Å². The van der Waals surface area contributed by atoms with E-state index in [1.807, 2.05) is 13.8 Å². The van der Waals surface area contributed by atoms with Gasteiger partial charge in [0.2, 0.25) is 0 Å². The second kappa shape index (κ2) is 6.60. The van der Waals surface area contributed by atoms with Crippen LogP contribution >= 0.6 is 0 Å². The highest BCUT2D eigenvalue weighted by molar-refractivity contribution is 7.90. The second-order valence-corrected chi connectivity index (χ2v) is 8.00. The van der Waals surface area contributed by atoms with Crippen molar-refractivity contribution in [3.05, 3.63) is 18.2 Å². The molecule has 0 unspecified atom stereocenters. The van der Waals surface area contributed by atoms with Gasteiger partial charge in [0.05, 0.1) is 18.4 Å². The molecule has 7 nitrogen and oxygen atoms in total. The average Bonchev–Trinajstić information content (AvgIpc) is 2.92. The van der Waals surface area contributed by atoms with E-state index in [0.29, 0.717) is 12.7 Å². The molecule has 0 amide bonds. The van der Waals surface area contributed by atoms with Gasteiger partial charge in [0.15, 0.2) is 5.60 Å². The lowest BCUT2D eigenvalue weighted by molar-refractivity contribution is -0.149. The van der Waals surface area contributed by atoms with Crippen molar-refractivity contribution in [3.63, 3.8) is 0 Å². The van der Waals surface area contributed by atoms with Crippen LogP contribution in [-0.2, 0) is 30.7 Å². The van der Waals surface area contributed by atoms with Gasteiger partial charge in [-0.2, -0.15) is 21.6 Å². The van der Waals surface area contributed by atoms with Gasteiger partial charge in [-0.3, -0.25) is 0 Å². The first kappa shape index (κ1) is 19.7. The molecule has 0 N–H and O–H groups in total. The smallest absolute Gasteiger partial charge is 0.464 e. The van der Waals surface area contributed by atoms with E-state index >= 15 is 0 Å². The van der Waals surface area contributed by atoms with Crippen LogP contribution in [0.4, 0.5) is 13.2 Å². The molecule has 1 fully saturated rings. The fourth-order valence-electron chi connectivity index (χ4n) is 2.50. The number of ether oxygens (including phenoxy) is 2. The first-order valence-electron chi connectivity index (χ1n) is 7.63. The van der Waals surface area contributed by atoms with E-state index in [-0.39, 0.29) is 28.6 Å². The van der Waals surface area contributed by atoms with E-state index in [2.05, 4.69) is 4.98 Å². The maximum absolute atomic E-state index is 12.6. The van der Waals surface area contributed by atoms with Crippen LogP contribution in [0.25, 0.3) is 0 Å². The Bertz CT molecular complexity index is 744. The zero-order valence-corrected chi connectivity index (χ0v) is 14.7. The van der Waals surface area contributed by atoms with Crippen LogP contribution < -0.4 is 0 Å². The molecule has 1 aromatic rings. The van der Waals surface area contributed by atoms with Crippen molar-refractivity contribution in [2.75, 3.05) is 6.61 Å². The molecule has 2 atom stereocenters. The summed E-state index contributed by atoms with van der Waals surface area (Å²) in [6.07, 6.45) is 1.23. The summed E-state index contributed by atoms with van der Waals surface area (Å²) in [5, 5.41) is 0. The van der Waals surface area contributed by atoms with Gasteiger partial charge in [0.25, 0.3) is 0 Å². The largest absolute Gasteiger partial charge is 0.517 e. The van der Waals surface area contributed by atoms with Gasteiger partial charge in [-0.15, -0.1) is 0 Å². The molecule has 1 aromatic heterocycles. The zero-order valence-electron chi connectivity index (χ0n) is 13.9. The summed E-state index contributed by atoms with van der Waals surface area (Å²) >= 11 is 0.